The molecule has 1 unspecified atom stereocenters. The number of benzene rings is 1. The van der Waals surface area contributed by atoms with Crippen LogP contribution in [0, 0.1) is 0 Å². The van der Waals surface area contributed by atoms with Crippen LogP contribution < -0.4 is 5.32 Å². The third-order valence-electron chi connectivity index (χ3n) is 2.39. The molecule has 0 saturated carbocycles. The number of hydrogen-bond acceptors (Lipinski definition) is 2. The molecule has 1 aromatic carbocycles. The van der Waals surface area contributed by atoms with Gasteiger partial charge < -0.3 is 10.1 Å². The zero-order chi connectivity index (χ0) is 9.80. The molecule has 76 valence electrons. The first kappa shape index (κ1) is 9.97. The topological polar surface area (TPSA) is 21.3 Å². The number of halogens is 1. The lowest BCUT2D eigenvalue weighted by Gasteiger charge is -2.15. The maximum atomic E-state index is 5.83. The van der Waals surface area contributed by atoms with Crippen molar-refractivity contribution in [3.8, 4) is 0 Å². The summed E-state index contributed by atoms with van der Waals surface area (Å²) in [5, 5.41) is 4.13. The van der Waals surface area contributed by atoms with Gasteiger partial charge in [0.25, 0.3) is 0 Å². The molecule has 3 heteroatoms. The molecule has 1 aromatic rings. The van der Waals surface area contributed by atoms with E-state index in [1.54, 1.807) is 0 Å². The van der Waals surface area contributed by atoms with Crippen LogP contribution in [0.3, 0.4) is 0 Å². The van der Waals surface area contributed by atoms with E-state index >= 15 is 0 Å². The first-order valence-electron chi connectivity index (χ1n) is 4.94. The summed E-state index contributed by atoms with van der Waals surface area (Å²) in [6.45, 7) is 2.77. The van der Waals surface area contributed by atoms with Crippen molar-refractivity contribution < 1.29 is 4.74 Å². The minimum absolute atomic E-state index is 0.176. The highest BCUT2D eigenvalue weighted by Gasteiger charge is 2.13. The second-order valence-electron chi connectivity index (χ2n) is 3.47. The summed E-state index contributed by atoms with van der Waals surface area (Å²) in [7, 11) is 0. The third kappa shape index (κ3) is 2.47. The maximum Gasteiger partial charge on any atom is 0.0949 e. The summed E-state index contributed by atoms with van der Waals surface area (Å²) in [6, 6.07) is 7.87. The molecular formula is C11H14ClNO. The van der Waals surface area contributed by atoms with E-state index in [2.05, 4.69) is 5.32 Å². The van der Waals surface area contributed by atoms with Gasteiger partial charge in [0.15, 0.2) is 0 Å². The molecule has 0 amide bonds. The van der Waals surface area contributed by atoms with Crippen LogP contribution in [0.5, 0.6) is 0 Å². The Morgan fingerprint density at radius 1 is 1.29 bits per heavy atom. The highest BCUT2D eigenvalue weighted by atomic mass is 35.5. The van der Waals surface area contributed by atoms with Gasteiger partial charge in [-0.25, -0.2) is 0 Å². The summed E-state index contributed by atoms with van der Waals surface area (Å²) >= 11 is 5.83. The van der Waals surface area contributed by atoms with Gasteiger partial charge in [-0.15, -0.1) is 0 Å². The summed E-state index contributed by atoms with van der Waals surface area (Å²) < 4.78 is 5.72. The van der Waals surface area contributed by atoms with E-state index in [0.29, 0.717) is 0 Å². The highest BCUT2D eigenvalue weighted by Crippen LogP contribution is 2.20. The predicted molar refractivity (Wildman–Crippen MR) is 57.6 cm³/mol. The molecular weight excluding hydrogens is 198 g/mol. The largest absolute Gasteiger partial charge is 0.372 e. The van der Waals surface area contributed by atoms with Crippen LogP contribution in [0.4, 0.5) is 0 Å². The summed E-state index contributed by atoms with van der Waals surface area (Å²) in [6.07, 6.45) is 1.26. The quantitative estimate of drug-likeness (QED) is 0.770. The number of ether oxygens (including phenoxy) is 1. The Bertz CT molecular complexity index is 278. The Morgan fingerprint density at radius 3 is 2.86 bits per heavy atom. The molecule has 0 radical (unpaired) electrons. The molecule has 1 aliphatic heterocycles. The lowest BCUT2D eigenvalue weighted by Crippen LogP contribution is -2.19. The fourth-order valence-corrected chi connectivity index (χ4v) is 1.73. The Balaban J connectivity index is 2.08. The number of nitrogens with one attached hydrogen (secondary N) is 1. The Morgan fingerprint density at radius 2 is 2.07 bits per heavy atom. The minimum Gasteiger partial charge on any atom is -0.372 e. The highest BCUT2D eigenvalue weighted by molar-refractivity contribution is 6.30. The van der Waals surface area contributed by atoms with Crippen molar-refractivity contribution in [3.63, 3.8) is 0 Å². The van der Waals surface area contributed by atoms with Gasteiger partial charge in [-0.3, -0.25) is 0 Å². The van der Waals surface area contributed by atoms with E-state index in [4.69, 9.17) is 16.3 Å². The molecule has 1 heterocycles. The van der Waals surface area contributed by atoms with Gasteiger partial charge in [-0.05, 0) is 30.7 Å². The second kappa shape index (κ2) is 4.78. The SMILES string of the molecule is Clc1ccc(C2CNCCCO2)cc1. The van der Waals surface area contributed by atoms with E-state index in [9.17, 15) is 0 Å². The minimum atomic E-state index is 0.176. The molecule has 14 heavy (non-hydrogen) atoms. The van der Waals surface area contributed by atoms with Gasteiger partial charge in [0.2, 0.25) is 0 Å². The fourth-order valence-electron chi connectivity index (χ4n) is 1.61. The van der Waals surface area contributed by atoms with Gasteiger partial charge in [-0.1, -0.05) is 23.7 Å². The number of rotatable bonds is 1. The van der Waals surface area contributed by atoms with Crippen molar-refractivity contribution in [1.82, 2.24) is 5.32 Å². The molecule has 1 saturated heterocycles. The summed E-state index contributed by atoms with van der Waals surface area (Å²) in [5.41, 5.74) is 1.20. The average Bonchev–Trinajstić information content (AvgIpc) is 2.47. The van der Waals surface area contributed by atoms with Gasteiger partial charge in [-0.2, -0.15) is 0 Å². The Kier molecular flexibility index (Phi) is 3.40. The molecule has 1 fully saturated rings. The first-order chi connectivity index (χ1) is 6.86. The van der Waals surface area contributed by atoms with Crippen molar-refractivity contribution in [3.05, 3.63) is 34.9 Å². The first-order valence-corrected chi connectivity index (χ1v) is 5.32. The zero-order valence-electron chi connectivity index (χ0n) is 8.00. The number of hydrogen-bond donors (Lipinski definition) is 1. The smallest absolute Gasteiger partial charge is 0.0949 e. The van der Waals surface area contributed by atoms with Crippen LogP contribution in [0.1, 0.15) is 18.1 Å². The van der Waals surface area contributed by atoms with Crippen molar-refractivity contribution in [2.75, 3.05) is 19.7 Å². The van der Waals surface area contributed by atoms with Gasteiger partial charge in [0.05, 0.1) is 6.10 Å². The molecule has 0 aromatic heterocycles. The molecule has 2 nitrogen and oxygen atoms in total. The molecule has 1 aliphatic rings. The third-order valence-corrected chi connectivity index (χ3v) is 2.64. The van der Waals surface area contributed by atoms with Crippen LogP contribution in [0.15, 0.2) is 24.3 Å². The van der Waals surface area contributed by atoms with E-state index in [0.717, 1.165) is 31.1 Å². The maximum absolute atomic E-state index is 5.83. The molecule has 1 N–H and O–H groups in total. The van der Waals surface area contributed by atoms with Crippen LogP contribution in [-0.2, 0) is 4.74 Å². The lowest BCUT2D eigenvalue weighted by atomic mass is 10.1. The van der Waals surface area contributed by atoms with Gasteiger partial charge in [0.1, 0.15) is 0 Å². The van der Waals surface area contributed by atoms with E-state index in [1.165, 1.54) is 5.56 Å². The van der Waals surface area contributed by atoms with Crippen molar-refractivity contribution in [2.24, 2.45) is 0 Å². The monoisotopic (exact) mass is 211 g/mol. The molecule has 0 aliphatic carbocycles. The van der Waals surface area contributed by atoms with Crippen molar-refractivity contribution in [1.29, 1.82) is 0 Å². The Labute approximate surface area is 89.2 Å². The molecule has 2 rings (SSSR count). The standard InChI is InChI=1S/C11H14ClNO/c12-10-4-2-9(3-5-10)11-8-13-6-1-7-14-11/h2-5,11,13H,1,6-8H2. The van der Waals surface area contributed by atoms with E-state index < -0.39 is 0 Å². The predicted octanol–water partition coefficient (Wildman–Crippen LogP) is 2.39. The van der Waals surface area contributed by atoms with Crippen LogP contribution >= 0.6 is 11.6 Å². The molecule has 1 atom stereocenters. The Hall–Kier alpha value is -0.570. The van der Waals surface area contributed by atoms with Crippen LogP contribution in [0.25, 0.3) is 0 Å². The van der Waals surface area contributed by atoms with Crippen molar-refractivity contribution in [2.45, 2.75) is 12.5 Å². The molecule has 0 bridgehead atoms. The van der Waals surface area contributed by atoms with Crippen LogP contribution in [0.2, 0.25) is 5.02 Å². The normalized spacial score (nSPS) is 23.1. The zero-order valence-corrected chi connectivity index (χ0v) is 8.76. The van der Waals surface area contributed by atoms with Crippen molar-refractivity contribution >= 4 is 11.6 Å². The summed E-state index contributed by atoms with van der Waals surface area (Å²) in [4.78, 5) is 0. The van der Waals surface area contributed by atoms with Crippen LogP contribution in [-0.4, -0.2) is 19.7 Å². The van der Waals surface area contributed by atoms with E-state index in [1.807, 2.05) is 24.3 Å². The average molecular weight is 212 g/mol. The van der Waals surface area contributed by atoms with Gasteiger partial charge in [0, 0.05) is 18.2 Å². The van der Waals surface area contributed by atoms with E-state index in [-0.39, 0.29) is 6.10 Å². The van der Waals surface area contributed by atoms with Gasteiger partial charge >= 0.3 is 0 Å². The summed E-state index contributed by atoms with van der Waals surface area (Å²) in [5.74, 6) is 0. The second-order valence-corrected chi connectivity index (χ2v) is 3.91. The molecule has 0 spiro atoms. The fraction of sp³-hybridized carbons (Fsp3) is 0.455. The lowest BCUT2D eigenvalue weighted by molar-refractivity contribution is 0.0669.